The number of hydrogen-bond donors (Lipinski definition) is 0. The largest absolute Gasteiger partial charge is 0.465 e. The van der Waals surface area contributed by atoms with Crippen LogP contribution in [0.25, 0.3) is 10.9 Å². The maximum absolute atomic E-state index is 11.5. The van der Waals surface area contributed by atoms with Crippen molar-refractivity contribution >= 4 is 23.2 Å². The van der Waals surface area contributed by atoms with Gasteiger partial charge in [0.25, 0.3) is 0 Å². The Morgan fingerprint density at radius 1 is 1.38 bits per heavy atom. The van der Waals surface area contributed by atoms with Crippen molar-refractivity contribution in [1.29, 1.82) is 0 Å². The summed E-state index contributed by atoms with van der Waals surface area (Å²) < 4.78 is 4.66. The summed E-state index contributed by atoms with van der Waals surface area (Å²) in [5, 5.41) is 0.624. The van der Waals surface area contributed by atoms with Crippen LogP contribution < -0.4 is 0 Å². The number of fused-ring (bicyclic) bond motifs is 1. The van der Waals surface area contributed by atoms with Crippen LogP contribution in [-0.2, 0) is 4.74 Å². The van der Waals surface area contributed by atoms with E-state index < -0.39 is 5.97 Å². The first-order chi connectivity index (χ1) is 7.76. The summed E-state index contributed by atoms with van der Waals surface area (Å²) in [6, 6.07) is 6.55. The first kappa shape index (κ1) is 10.3. The number of hydrogen-bond acceptors (Lipinski definition) is 4. The average molecular weight is 215 g/mol. The topological polar surface area (TPSA) is 56.3 Å². The molecule has 0 aliphatic rings. The Balaban J connectivity index is 2.73. The van der Waals surface area contributed by atoms with Gasteiger partial charge in [-0.2, -0.15) is 0 Å². The fourth-order valence-corrected chi connectivity index (χ4v) is 1.53. The summed E-state index contributed by atoms with van der Waals surface area (Å²) in [7, 11) is 1.32. The second-order valence-corrected chi connectivity index (χ2v) is 3.24. The highest BCUT2D eigenvalue weighted by Crippen LogP contribution is 2.18. The van der Waals surface area contributed by atoms with Gasteiger partial charge in [0.05, 0.1) is 18.2 Å². The van der Waals surface area contributed by atoms with Gasteiger partial charge >= 0.3 is 5.97 Å². The molecular formula is C12H9NO3. The third-order valence-electron chi connectivity index (χ3n) is 2.31. The maximum atomic E-state index is 11.5. The highest BCUT2D eigenvalue weighted by Gasteiger charge is 2.10. The molecule has 4 heteroatoms. The normalized spacial score (nSPS) is 10.1. The second kappa shape index (κ2) is 4.10. The van der Waals surface area contributed by atoms with E-state index in [2.05, 4.69) is 9.72 Å². The number of rotatable bonds is 2. The van der Waals surface area contributed by atoms with Gasteiger partial charge in [-0.25, -0.2) is 4.79 Å². The average Bonchev–Trinajstić information content (AvgIpc) is 2.36. The molecule has 4 nitrogen and oxygen atoms in total. The molecule has 1 aromatic heterocycles. The Morgan fingerprint density at radius 3 is 2.88 bits per heavy atom. The van der Waals surface area contributed by atoms with Crippen molar-refractivity contribution in [3.63, 3.8) is 0 Å². The lowest BCUT2D eigenvalue weighted by atomic mass is 10.1. The Kier molecular flexibility index (Phi) is 2.64. The van der Waals surface area contributed by atoms with Crippen molar-refractivity contribution in [2.75, 3.05) is 7.11 Å². The van der Waals surface area contributed by atoms with Gasteiger partial charge in [-0.1, -0.05) is 0 Å². The first-order valence-corrected chi connectivity index (χ1v) is 4.68. The molecule has 1 heterocycles. The van der Waals surface area contributed by atoms with Crippen molar-refractivity contribution in [3.8, 4) is 0 Å². The molecule has 0 aliphatic carbocycles. The number of aromatic nitrogens is 1. The zero-order valence-corrected chi connectivity index (χ0v) is 8.64. The Hall–Kier alpha value is -2.23. The van der Waals surface area contributed by atoms with E-state index in [1.54, 1.807) is 24.3 Å². The van der Waals surface area contributed by atoms with Crippen molar-refractivity contribution in [2.45, 2.75) is 0 Å². The summed E-state index contributed by atoms with van der Waals surface area (Å²) in [5.74, 6) is -0.435. The lowest BCUT2D eigenvalue weighted by Crippen LogP contribution is -2.02. The van der Waals surface area contributed by atoms with Gasteiger partial charge in [-0.3, -0.25) is 9.78 Å². The van der Waals surface area contributed by atoms with E-state index in [0.717, 1.165) is 6.29 Å². The molecule has 80 valence electrons. The number of carbonyl (C=O) groups is 2. The number of esters is 1. The molecule has 0 saturated heterocycles. The van der Waals surface area contributed by atoms with Gasteiger partial charge in [0.15, 0.2) is 0 Å². The van der Waals surface area contributed by atoms with Crippen molar-refractivity contribution in [3.05, 3.63) is 41.6 Å². The van der Waals surface area contributed by atoms with Gasteiger partial charge in [0.2, 0.25) is 0 Å². The van der Waals surface area contributed by atoms with Crippen LogP contribution in [-0.4, -0.2) is 24.3 Å². The standard InChI is InChI=1S/C12H9NO3/c1-16-12(15)9-4-5-13-11-3-2-8(7-14)6-10(9)11/h2-7H,1H3. The van der Waals surface area contributed by atoms with Crippen molar-refractivity contribution in [2.24, 2.45) is 0 Å². The number of benzene rings is 1. The number of methoxy groups -OCH3 is 1. The molecule has 2 aromatic rings. The fourth-order valence-electron chi connectivity index (χ4n) is 1.53. The van der Waals surface area contributed by atoms with Crippen LogP contribution in [0.4, 0.5) is 0 Å². The van der Waals surface area contributed by atoms with E-state index in [-0.39, 0.29) is 0 Å². The van der Waals surface area contributed by atoms with E-state index in [9.17, 15) is 9.59 Å². The zero-order valence-electron chi connectivity index (χ0n) is 8.64. The molecule has 0 aliphatic heterocycles. The Morgan fingerprint density at radius 2 is 2.19 bits per heavy atom. The smallest absolute Gasteiger partial charge is 0.338 e. The van der Waals surface area contributed by atoms with E-state index in [4.69, 9.17) is 0 Å². The summed E-state index contributed by atoms with van der Waals surface area (Å²) in [6.07, 6.45) is 2.27. The van der Waals surface area contributed by atoms with Gasteiger partial charge in [-0.05, 0) is 24.3 Å². The van der Waals surface area contributed by atoms with Gasteiger partial charge in [0, 0.05) is 17.1 Å². The highest BCUT2D eigenvalue weighted by molar-refractivity contribution is 6.04. The number of pyridine rings is 1. The van der Waals surface area contributed by atoms with E-state index in [0.29, 0.717) is 22.0 Å². The minimum absolute atomic E-state index is 0.413. The predicted molar refractivity (Wildman–Crippen MR) is 58.5 cm³/mol. The molecule has 1 aromatic carbocycles. The molecule has 0 spiro atoms. The van der Waals surface area contributed by atoms with Gasteiger partial charge < -0.3 is 4.74 Å². The Bertz CT molecular complexity index is 563. The summed E-state index contributed by atoms with van der Waals surface area (Å²) in [4.78, 5) is 26.3. The van der Waals surface area contributed by atoms with Crippen molar-refractivity contribution in [1.82, 2.24) is 4.98 Å². The third kappa shape index (κ3) is 1.65. The fraction of sp³-hybridized carbons (Fsp3) is 0.0833. The summed E-state index contributed by atoms with van der Waals surface area (Å²) in [6.45, 7) is 0. The molecule has 0 unspecified atom stereocenters. The number of carbonyl (C=O) groups excluding carboxylic acids is 2. The molecule has 0 N–H and O–H groups in total. The number of aldehydes is 1. The lowest BCUT2D eigenvalue weighted by molar-refractivity contribution is 0.0603. The SMILES string of the molecule is COC(=O)c1ccnc2ccc(C=O)cc12. The number of ether oxygens (including phenoxy) is 1. The van der Waals surface area contributed by atoms with E-state index in [1.807, 2.05) is 0 Å². The lowest BCUT2D eigenvalue weighted by Gasteiger charge is -2.04. The molecule has 0 fully saturated rings. The van der Waals surface area contributed by atoms with Crippen LogP contribution in [0.1, 0.15) is 20.7 Å². The zero-order chi connectivity index (χ0) is 11.5. The van der Waals surface area contributed by atoms with Gasteiger partial charge in [0.1, 0.15) is 6.29 Å². The van der Waals surface area contributed by atoms with Gasteiger partial charge in [-0.15, -0.1) is 0 Å². The van der Waals surface area contributed by atoms with Crippen molar-refractivity contribution < 1.29 is 14.3 Å². The molecule has 0 atom stereocenters. The number of nitrogens with zero attached hydrogens (tertiary/aromatic N) is 1. The molecule has 2 rings (SSSR count). The summed E-state index contributed by atoms with van der Waals surface area (Å²) >= 11 is 0. The molecule has 0 saturated carbocycles. The van der Waals surface area contributed by atoms with Crippen LogP contribution >= 0.6 is 0 Å². The molecular weight excluding hydrogens is 206 g/mol. The predicted octanol–water partition coefficient (Wildman–Crippen LogP) is 1.83. The van der Waals surface area contributed by atoms with Crippen LogP contribution in [0.15, 0.2) is 30.5 Å². The van der Waals surface area contributed by atoms with Crippen LogP contribution in [0, 0.1) is 0 Å². The quantitative estimate of drug-likeness (QED) is 0.566. The Labute approximate surface area is 91.9 Å². The monoisotopic (exact) mass is 215 g/mol. The maximum Gasteiger partial charge on any atom is 0.338 e. The minimum atomic E-state index is -0.435. The first-order valence-electron chi connectivity index (χ1n) is 4.68. The second-order valence-electron chi connectivity index (χ2n) is 3.24. The highest BCUT2D eigenvalue weighted by atomic mass is 16.5. The molecule has 0 amide bonds. The molecule has 0 bridgehead atoms. The van der Waals surface area contributed by atoms with Crippen LogP contribution in [0.5, 0.6) is 0 Å². The minimum Gasteiger partial charge on any atom is -0.465 e. The van der Waals surface area contributed by atoms with E-state index >= 15 is 0 Å². The van der Waals surface area contributed by atoms with E-state index in [1.165, 1.54) is 13.3 Å². The molecule has 16 heavy (non-hydrogen) atoms. The van der Waals surface area contributed by atoms with Crippen LogP contribution in [0.3, 0.4) is 0 Å². The third-order valence-corrected chi connectivity index (χ3v) is 2.31. The molecule has 0 radical (unpaired) electrons. The summed E-state index contributed by atoms with van der Waals surface area (Å²) in [5.41, 5.74) is 1.58. The van der Waals surface area contributed by atoms with Crippen LogP contribution in [0.2, 0.25) is 0 Å².